The second-order valence-electron chi connectivity index (χ2n) is 3.72. The SMILES string of the molecule is Cc1ccnc(N2CCC(F)(F)C2)c1. The molecule has 0 spiro atoms. The minimum absolute atomic E-state index is 0.0668. The molecule has 1 fully saturated rings. The molecule has 0 saturated carbocycles. The Labute approximate surface area is 81.6 Å². The highest BCUT2D eigenvalue weighted by Crippen LogP contribution is 2.29. The molecule has 0 bridgehead atoms. The molecule has 1 aliphatic rings. The Hall–Kier alpha value is -1.19. The van der Waals surface area contributed by atoms with E-state index in [0.717, 1.165) is 5.56 Å². The van der Waals surface area contributed by atoms with Crippen LogP contribution >= 0.6 is 0 Å². The minimum atomic E-state index is -2.55. The number of pyridine rings is 1. The lowest BCUT2D eigenvalue weighted by Gasteiger charge is -2.16. The maximum atomic E-state index is 12.9. The fraction of sp³-hybridized carbons (Fsp3) is 0.500. The molecule has 4 heteroatoms. The molecule has 2 heterocycles. The monoisotopic (exact) mass is 198 g/mol. The van der Waals surface area contributed by atoms with Crippen LogP contribution in [0.5, 0.6) is 0 Å². The lowest BCUT2D eigenvalue weighted by molar-refractivity contribution is 0.0256. The van der Waals surface area contributed by atoms with Crippen LogP contribution in [0.3, 0.4) is 0 Å². The van der Waals surface area contributed by atoms with E-state index in [4.69, 9.17) is 0 Å². The van der Waals surface area contributed by atoms with Crippen LogP contribution in [0, 0.1) is 6.92 Å². The van der Waals surface area contributed by atoms with Gasteiger partial charge in [-0.05, 0) is 24.6 Å². The summed E-state index contributed by atoms with van der Waals surface area (Å²) in [5, 5.41) is 0. The smallest absolute Gasteiger partial charge is 0.266 e. The number of hydrogen-bond donors (Lipinski definition) is 0. The maximum absolute atomic E-state index is 12.9. The summed E-state index contributed by atoms with van der Waals surface area (Å²) in [6.07, 6.45) is 1.59. The van der Waals surface area contributed by atoms with Crippen molar-refractivity contribution in [2.24, 2.45) is 0 Å². The number of aryl methyl sites for hydroxylation is 1. The first-order valence-electron chi connectivity index (χ1n) is 4.62. The Morgan fingerprint density at radius 1 is 1.50 bits per heavy atom. The zero-order valence-corrected chi connectivity index (χ0v) is 8.00. The molecule has 0 N–H and O–H groups in total. The van der Waals surface area contributed by atoms with Crippen LogP contribution < -0.4 is 4.90 Å². The van der Waals surface area contributed by atoms with Gasteiger partial charge in [-0.25, -0.2) is 13.8 Å². The summed E-state index contributed by atoms with van der Waals surface area (Å²) in [5.41, 5.74) is 1.05. The summed E-state index contributed by atoms with van der Waals surface area (Å²) >= 11 is 0. The Balaban J connectivity index is 2.17. The van der Waals surface area contributed by atoms with E-state index < -0.39 is 5.92 Å². The van der Waals surface area contributed by atoms with Crippen LogP contribution in [-0.4, -0.2) is 24.0 Å². The van der Waals surface area contributed by atoms with Crippen LogP contribution in [-0.2, 0) is 0 Å². The quantitative estimate of drug-likeness (QED) is 0.688. The molecule has 0 aliphatic carbocycles. The van der Waals surface area contributed by atoms with Crippen molar-refractivity contribution in [1.82, 2.24) is 4.98 Å². The number of hydrogen-bond acceptors (Lipinski definition) is 2. The van der Waals surface area contributed by atoms with Crippen molar-refractivity contribution >= 4 is 5.82 Å². The third-order valence-electron chi connectivity index (χ3n) is 2.39. The first-order valence-corrected chi connectivity index (χ1v) is 4.62. The molecule has 0 atom stereocenters. The molecule has 0 aromatic carbocycles. The second kappa shape index (κ2) is 3.19. The lowest BCUT2D eigenvalue weighted by atomic mass is 10.3. The van der Waals surface area contributed by atoms with Crippen LogP contribution in [0.1, 0.15) is 12.0 Å². The molecule has 0 unspecified atom stereocenters. The van der Waals surface area contributed by atoms with E-state index in [1.54, 1.807) is 11.1 Å². The summed E-state index contributed by atoms with van der Waals surface area (Å²) in [5.74, 6) is -1.90. The average molecular weight is 198 g/mol. The Morgan fingerprint density at radius 2 is 2.29 bits per heavy atom. The van der Waals surface area contributed by atoms with Crippen molar-refractivity contribution < 1.29 is 8.78 Å². The average Bonchev–Trinajstić information content (AvgIpc) is 2.46. The number of aromatic nitrogens is 1. The van der Waals surface area contributed by atoms with Crippen LogP contribution in [0.4, 0.5) is 14.6 Å². The molecule has 76 valence electrons. The van der Waals surface area contributed by atoms with Crippen molar-refractivity contribution in [1.29, 1.82) is 0 Å². The first kappa shape index (κ1) is 9.37. The van der Waals surface area contributed by atoms with Crippen molar-refractivity contribution in [2.75, 3.05) is 18.0 Å². The van der Waals surface area contributed by atoms with Gasteiger partial charge >= 0.3 is 0 Å². The molecule has 1 aliphatic heterocycles. The van der Waals surface area contributed by atoms with E-state index in [-0.39, 0.29) is 13.0 Å². The molecule has 1 saturated heterocycles. The molecule has 2 rings (SSSR count). The van der Waals surface area contributed by atoms with Gasteiger partial charge in [0.15, 0.2) is 0 Å². The summed E-state index contributed by atoms with van der Waals surface area (Å²) in [7, 11) is 0. The minimum Gasteiger partial charge on any atom is -0.350 e. The maximum Gasteiger partial charge on any atom is 0.266 e. The van der Waals surface area contributed by atoms with Gasteiger partial charge in [-0.3, -0.25) is 0 Å². The van der Waals surface area contributed by atoms with Gasteiger partial charge < -0.3 is 4.90 Å². The van der Waals surface area contributed by atoms with Gasteiger partial charge in [0.1, 0.15) is 5.82 Å². The number of rotatable bonds is 1. The van der Waals surface area contributed by atoms with Gasteiger partial charge in [0.2, 0.25) is 0 Å². The van der Waals surface area contributed by atoms with Crippen molar-refractivity contribution in [3.63, 3.8) is 0 Å². The summed E-state index contributed by atoms with van der Waals surface area (Å²) < 4.78 is 25.8. The highest BCUT2D eigenvalue weighted by molar-refractivity contribution is 5.42. The Kier molecular flexibility index (Phi) is 2.13. The number of anilines is 1. The zero-order chi connectivity index (χ0) is 10.2. The fourth-order valence-corrected chi connectivity index (χ4v) is 1.62. The van der Waals surface area contributed by atoms with Crippen LogP contribution in [0.2, 0.25) is 0 Å². The van der Waals surface area contributed by atoms with E-state index in [9.17, 15) is 8.78 Å². The Bertz CT molecular complexity index is 339. The molecule has 1 aromatic rings. The van der Waals surface area contributed by atoms with Gasteiger partial charge in [0.25, 0.3) is 5.92 Å². The van der Waals surface area contributed by atoms with Crippen LogP contribution in [0.25, 0.3) is 0 Å². The van der Waals surface area contributed by atoms with Gasteiger partial charge in [-0.1, -0.05) is 0 Å². The van der Waals surface area contributed by atoms with E-state index in [2.05, 4.69) is 4.98 Å². The van der Waals surface area contributed by atoms with Crippen molar-refractivity contribution in [3.05, 3.63) is 23.9 Å². The highest BCUT2D eigenvalue weighted by atomic mass is 19.3. The normalized spacial score (nSPS) is 20.1. The molecule has 2 nitrogen and oxygen atoms in total. The summed E-state index contributed by atoms with van der Waals surface area (Å²) in [4.78, 5) is 5.71. The second-order valence-corrected chi connectivity index (χ2v) is 3.72. The summed E-state index contributed by atoms with van der Waals surface area (Å²) in [6, 6.07) is 3.69. The third-order valence-corrected chi connectivity index (χ3v) is 2.39. The van der Waals surface area contributed by atoms with Gasteiger partial charge in [-0.2, -0.15) is 0 Å². The van der Waals surface area contributed by atoms with Gasteiger partial charge in [0.05, 0.1) is 6.54 Å². The number of nitrogens with zero attached hydrogens (tertiary/aromatic N) is 2. The zero-order valence-electron chi connectivity index (χ0n) is 8.00. The van der Waals surface area contributed by atoms with E-state index in [1.165, 1.54) is 0 Å². The van der Waals surface area contributed by atoms with E-state index >= 15 is 0 Å². The molecule has 1 aromatic heterocycles. The number of halogens is 2. The molecule has 0 radical (unpaired) electrons. The third kappa shape index (κ3) is 1.84. The topological polar surface area (TPSA) is 16.1 Å². The summed E-state index contributed by atoms with van der Waals surface area (Å²) in [6.45, 7) is 2.12. The van der Waals surface area contributed by atoms with E-state index in [0.29, 0.717) is 12.4 Å². The lowest BCUT2D eigenvalue weighted by Crippen LogP contribution is -2.25. The van der Waals surface area contributed by atoms with Crippen molar-refractivity contribution in [2.45, 2.75) is 19.3 Å². The Morgan fingerprint density at radius 3 is 2.86 bits per heavy atom. The molecular weight excluding hydrogens is 186 g/mol. The fourth-order valence-electron chi connectivity index (χ4n) is 1.62. The highest BCUT2D eigenvalue weighted by Gasteiger charge is 2.38. The number of alkyl halides is 2. The largest absolute Gasteiger partial charge is 0.350 e. The van der Waals surface area contributed by atoms with Gasteiger partial charge in [0, 0.05) is 19.2 Å². The predicted octanol–water partition coefficient (Wildman–Crippen LogP) is 2.24. The molecule has 0 amide bonds. The van der Waals surface area contributed by atoms with Gasteiger partial charge in [-0.15, -0.1) is 0 Å². The van der Waals surface area contributed by atoms with Crippen LogP contribution in [0.15, 0.2) is 18.3 Å². The predicted molar refractivity (Wildman–Crippen MR) is 50.8 cm³/mol. The van der Waals surface area contributed by atoms with E-state index in [1.807, 2.05) is 19.1 Å². The standard InChI is InChI=1S/C10H12F2N2/c1-8-2-4-13-9(6-8)14-5-3-10(11,12)7-14/h2,4,6H,3,5,7H2,1H3. The molecular formula is C10H12F2N2. The molecule has 14 heavy (non-hydrogen) atoms. The first-order chi connectivity index (χ1) is 6.57. The van der Waals surface area contributed by atoms with Crippen molar-refractivity contribution in [3.8, 4) is 0 Å².